The van der Waals surface area contributed by atoms with E-state index in [9.17, 15) is 0 Å². The molecule has 0 heteroatoms. The molecule has 0 heterocycles. The van der Waals surface area contributed by atoms with Crippen LogP contribution >= 0.6 is 0 Å². The first-order valence-electron chi connectivity index (χ1n) is 7.65. The Balaban J connectivity index is 3.84. The number of rotatable bonds is 10. The second kappa shape index (κ2) is 10.2. The van der Waals surface area contributed by atoms with Gasteiger partial charge in [0.05, 0.1) is 0 Å². The SMILES string of the molecule is CCCC(C)CCC(C)C(CCC)CCC. The molecule has 0 spiro atoms. The smallest absolute Gasteiger partial charge is 0.0389 e. The molecule has 0 aromatic carbocycles. The van der Waals surface area contributed by atoms with Crippen molar-refractivity contribution in [3.05, 3.63) is 0 Å². The first kappa shape index (κ1) is 16.0. The molecule has 0 rings (SSSR count). The summed E-state index contributed by atoms with van der Waals surface area (Å²) >= 11 is 0. The van der Waals surface area contributed by atoms with Crippen molar-refractivity contribution in [2.24, 2.45) is 17.8 Å². The molecular weight excluding hydrogens is 192 g/mol. The summed E-state index contributed by atoms with van der Waals surface area (Å²) in [6, 6.07) is 0. The van der Waals surface area contributed by atoms with Crippen molar-refractivity contribution in [3.8, 4) is 0 Å². The van der Waals surface area contributed by atoms with Gasteiger partial charge < -0.3 is 0 Å². The Morgan fingerprint density at radius 1 is 0.625 bits per heavy atom. The molecule has 0 amide bonds. The molecule has 0 aliphatic rings. The van der Waals surface area contributed by atoms with Crippen molar-refractivity contribution >= 4 is 0 Å². The van der Waals surface area contributed by atoms with E-state index >= 15 is 0 Å². The zero-order chi connectivity index (χ0) is 12.4. The topological polar surface area (TPSA) is 0 Å². The van der Waals surface area contributed by atoms with Gasteiger partial charge >= 0.3 is 0 Å². The van der Waals surface area contributed by atoms with Crippen molar-refractivity contribution < 1.29 is 0 Å². The Morgan fingerprint density at radius 3 is 1.56 bits per heavy atom. The number of hydrogen-bond donors (Lipinski definition) is 0. The zero-order valence-electron chi connectivity index (χ0n) is 12.4. The molecule has 2 unspecified atom stereocenters. The van der Waals surface area contributed by atoms with Gasteiger partial charge in [-0.05, 0) is 17.8 Å². The molecule has 0 saturated heterocycles. The van der Waals surface area contributed by atoms with E-state index in [1.807, 2.05) is 0 Å². The van der Waals surface area contributed by atoms with Crippen LogP contribution in [0.25, 0.3) is 0 Å². The normalized spacial score (nSPS) is 15.4. The molecule has 2 atom stereocenters. The number of hydrogen-bond acceptors (Lipinski definition) is 0. The minimum Gasteiger partial charge on any atom is -0.0654 e. The van der Waals surface area contributed by atoms with Gasteiger partial charge in [0, 0.05) is 0 Å². The van der Waals surface area contributed by atoms with Crippen LogP contribution in [0.2, 0.25) is 0 Å². The van der Waals surface area contributed by atoms with Crippen LogP contribution in [0.3, 0.4) is 0 Å². The van der Waals surface area contributed by atoms with Gasteiger partial charge in [0.1, 0.15) is 0 Å². The van der Waals surface area contributed by atoms with E-state index in [1.165, 1.54) is 51.4 Å². The molecule has 0 aromatic heterocycles. The zero-order valence-corrected chi connectivity index (χ0v) is 12.4. The van der Waals surface area contributed by atoms with Crippen molar-refractivity contribution in [2.45, 2.75) is 86.0 Å². The van der Waals surface area contributed by atoms with Gasteiger partial charge in [-0.3, -0.25) is 0 Å². The van der Waals surface area contributed by atoms with E-state index in [0.717, 1.165) is 17.8 Å². The monoisotopic (exact) mass is 226 g/mol. The lowest BCUT2D eigenvalue weighted by atomic mass is 9.82. The van der Waals surface area contributed by atoms with Gasteiger partial charge in [0.15, 0.2) is 0 Å². The first-order chi connectivity index (χ1) is 7.65. The van der Waals surface area contributed by atoms with Crippen LogP contribution in [-0.2, 0) is 0 Å². The molecule has 0 fully saturated rings. The Bertz CT molecular complexity index is 133. The highest BCUT2D eigenvalue weighted by Gasteiger charge is 2.16. The molecule has 16 heavy (non-hydrogen) atoms. The Hall–Kier alpha value is 0. The summed E-state index contributed by atoms with van der Waals surface area (Å²) in [7, 11) is 0. The van der Waals surface area contributed by atoms with Gasteiger partial charge in [0.25, 0.3) is 0 Å². The summed E-state index contributed by atoms with van der Waals surface area (Å²) in [5, 5.41) is 0. The summed E-state index contributed by atoms with van der Waals surface area (Å²) in [5.74, 6) is 2.87. The molecule has 0 saturated carbocycles. The van der Waals surface area contributed by atoms with Gasteiger partial charge in [0.2, 0.25) is 0 Å². The van der Waals surface area contributed by atoms with Crippen LogP contribution in [-0.4, -0.2) is 0 Å². The first-order valence-corrected chi connectivity index (χ1v) is 7.65. The van der Waals surface area contributed by atoms with Crippen LogP contribution in [0.5, 0.6) is 0 Å². The second-order valence-corrected chi connectivity index (χ2v) is 5.79. The second-order valence-electron chi connectivity index (χ2n) is 5.79. The van der Waals surface area contributed by atoms with Gasteiger partial charge in [-0.1, -0.05) is 86.0 Å². The predicted molar refractivity (Wildman–Crippen MR) is 75.8 cm³/mol. The third-order valence-corrected chi connectivity index (χ3v) is 4.02. The van der Waals surface area contributed by atoms with E-state index in [0.29, 0.717) is 0 Å². The average Bonchev–Trinajstić information content (AvgIpc) is 2.26. The van der Waals surface area contributed by atoms with Crippen LogP contribution < -0.4 is 0 Å². The van der Waals surface area contributed by atoms with E-state index in [1.54, 1.807) is 0 Å². The lowest BCUT2D eigenvalue weighted by molar-refractivity contribution is 0.273. The third-order valence-electron chi connectivity index (χ3n) is 4.02. The summed E-state index contributed by atoms with van der Waals surface area (Å²) in [5.41, 5.74) is 0. The van der Waals surface area contributed by atoms with Crippen molar-refractivity contribution in [2.75, 3.05) is 0 Å². The summed E-state index contributed by atoms with van der Waals surface area (Å²) in [6.45, 7) is 11.9. The molecule has 0 bridgehead atoms. The van der Waals surface area contributed by atoms with Crippen LogP contribution in [0.4, 0.5) is 0 Å². The summed E-state index contributed by atoms with van der Waals surface area (Å²) in [6.07, 6.45) is 11.3. The molecule has 0 N–H and O–H groups in total. The van der Waals surface area contributed by atoms with Crippen LogP contribution in [0.15, 0.2) is 0 Å². The van der Waals surface area contributed by atoms with E-state index in [4.69, 9.17) is 0 Å². The lowest BCUT2D eigenvalue weighted by Crippen LogP contribution is -2.12. The largest absolute Gasteiger partial charge is 0.0654 e. The molecule has 0 nitrogen and oxygen atoms in total. The highest BCUT2D eigenvalue weighted by atomic mass is 14.2. The lowest BCUT2D eigenvalue weighted by Gasteiger charge is -2.24. The molecule has 0 aromatic rings. The van der Waals surface area contributed by atoms with Gasteiger partial charge in [-0.15, -0.1) is 0 Å². The fraction of sp³-hybridized carbons (Fsp3) is 1.00. The minimum atomic E-state index is 0.941. The third kappa shape index (κ3) is 7.30. The van der Waals surface area contributed by atoms with E-state index in [2.05, 4.69) is 34.6 Å². The maximum Gasteiger partial charge on any atom is -0.0389 e. The highest BCUT2D eigenvalue weighted by Crippen LogP contribution is 2.28. The molecule has 0 radical (unpaired) electrons. The van der Waals surface area contributed by atoms with Crippen molar-refractivity contribution in [3.63, 3.8) is 0 Å². The Labute approximate surface area is 104 Å². The maximum absolute atomic E-state index is 2.48. The standard InChI is InChI=1S/C16H34/c1-6-9-14(4)12-13-15(5)16(10-7-2)11-8-3/h14-16H,6-13H2,1-5H3. The molecule has 0 aliphatic heterocycles. The van der Waals surface area contributed by atoms with Gasteiger partial charge in [-0.2, -0.15) is 0 Å². The fourth-order valence-corrected chi connectivity index (χ4v) is 2.88. The predicted octanol–water partition coefficient (Wildman–Crippen LogP) is 6.06. The van der Waals surface area contributed by atoms with E-state index in [-0.39, 0.29) is 0 Å². The molecular formula is C16H34. The fourth-order valence-electron chi connectivity index (χ4n) is 2.88. The average molecular weight is 226 g/mol. The van der Waals surface area contributed by atoms with E-state index < -0.39 is 0 Å². The Kier molecular flexibility index (Phi) is 10.2. The minimum absolute atomic E-state index is 0.941. The van der Waals surface area contributed by atoms with Crippen molar-refractivity contribution in [1.82, 2.24) is 0 Å². The summed E-state index contributed by atoms with van der Waals surface area (Å²) in [4.78, 5) is 0. The summed E-state index contributed by atoms with van der Waals surface area (Å²) < 4.78 is 0. The van der Waals surface area contributed by atoms with Gasteiger partial charge in [-0.25, -0.2) is 0 Å². The van der Waals surface area contributed by atoms with Crippen LogP contribution in [0, 0.1) is 17.8 Å². The Morgan fingerprint density at radius 2 is 1.12 bits per heavy atom. The molecule has 0 aliphatic carbocycles. The maximum atomic E-state index is 2.48. The van der Waals surface area contributed by atoms with Crippen LogP contribution in [0.1, 0.15) is 86.0 Å². The molecule has 98 valence electrons. The van der Waals surface area contributed by atoms with Crippen molar-refractivity contribution in [1.29, 1.82) is 0 Å². The quantitative estimate of drug-likeness (QED) is 0.425. The highest BCUT2D eigenvalue weighted by molar-refractivity contribution is 4.67.